The lowest BCUT2D eigenvalue weighted by atomic mass is 10.0. The summed E-state index contributed by atoms with van der Waals surface area (Å²) in [7, 11) is -9.89. The lowest BCUT2D eigenvalue weighted by molar-refractivity contribution is -0.161. The Morgan fingerprint density at radius 2 is 0.511 bits per heavy atom. The van der Waals surface area contributed by atoms with Crippen LogP contribution in [0.4, 0.5) is 0 Å². The maximum Gasteiger partial charge on any atom is 0.472 e. The monoisotopic (exact) mass is 1320 g/mol. The van der Waals surface area contributed by atoms with Crippen molar-refractivity contribution in [3.8, 4) is 0 Å². The molecule has 0 aliphatic carbocycles. The van der Waals surface area contributed by atoms with Crippen LogP contribution < -0.4 is 0 Å². The molecule has 5 atom stereocenters. The van der Waals surface area contributed by atoms with Crippen LogP contribution >= 0.6 is 15.6 Å². The SMILES string of the molecule is CCCCCCCCCCCCCCCCCCCCCCC(=O)O[C@H](COC(=O)CCCCCCCCCCCCCC)COP(=O)(O)OC[C@@H](O)COP(=O)(O)OC[C@@H](COC(=O)CCCCCCCCCC)OC(=O)CCCCCCCCCC(C)C. The number of carbonyl (C=O) groups is 4. The number of carbonyl (C=O) groups excluding carboxylic acids is 4. The standard InChI is InChI=1S/C71H138O17P2/c1-6-9-12-15-18-21-23-25-26-27-28-29-30-31-32-34-36-41-46-51-56-70(75)87-66(61-82-69(74)55-50-45-40-35-33-24-22-19-16-13-10-7-2)62-85-89(77,78)83-58-65(72)59-84-90(79,80)86-63-67(60-81-68(73)54-49-44-39-20-17-14-11-8-3)88-71(76)57-52-47-42-37-38-43-48-53-64(4)5/h64-67,72H,6-63H2,1-5H3,(H,77,78)(H,79,80)/t65-,66-,67-/m1/s1. The van der Waals surface area contributed by atoms with Gasteiger partial charge in [-0.15, -0.1) is 0 Å². The van der Waals surface area contributed by atoms with Crippen LogP contribution in [0.15, 0.2) is 0 Å². The zero-order valence-corrected chi connectivity index (χ0v) is 60.1. The van der Waals surface area contributed by atoms with E-state index < -0.39 is 97.5 Å². The van der Waals surface area contributed by atoms with Gasteiger partial charge in [-0.3, -0.25) is 37.3 Å². The van der Waals surface area contributed by atoms with E-state index in [0.29, 0.717) is 31.6 Å². The second-order valence-electron chi connectivity index (χ2n) is 26.1. The van der Waals surface area contributed by atoms with Gasteiger partial charge in [-0.2, -0.15) is 0 Å². The van der Waals surface area contributed by atoms with E-state index in [0.717, 1.165) is 96.3 Å². The number of aliphatic hydroxyl groups excluding tert-OH is 1. The minimum absolute atomic E-state index is 0.104. The highest BCUT2D eigenvalue weighted by Crippen LogP contribution is 2.45. The lowest BCUT2D eigenvalue weighted by Crippen LogP contribution is -2.30. The van der Waals surface area contributed by atoms with Crippen LogP contribution in [0.5, 0.6) is 0 Å². The van der Waals surface area contributed by atoms with E-state index in [-0.39, 0.29) is 25.7 Å². The molecule has 19 heteroatoms. The highest BCUT2D eigenvalue weighted by molar-refractivity contribution is 7.47. The molecule has 0 heterocycles. The van der Waals surface area contributed by atoms with E-state index in [1.165, 1.54) is 186 Å². The number of phosphoric acid groups is 2. The second-order valence-corrected chi connectivity index (χ2v) is 29.0. The third-order valence-electron chi connectivity index (χ3n) is 16.5. The third kappa shape index (κ3) is 64.8. The molecule has 0 radical (unpaired) electrons. The van der Waals surface area contributed by atoms with Gasteiger partial charge in [-0.25, -0.2) is 9.13 Å². The van der Waals surface area contributed by atoms with Crippen LogP contribution in [0.25, 0.3) is 0 Å². The average molecular weight is 1330 g/mol. The summed E-state index contributed by atoms with van der Waals surface area (Å²) in [6, 6.07) is 0. The van der Waals surface area contributed by atoms with Crippen molar-refractivity contribution in [2.75, 3.05) is 39.6 Å². The van der Waals surface area contributed by atoms with E-state index in [1.807, 2.05) is 0 Å². The fourth-order valence-corrected chi connectivity index (χ4v) is 12.4. The normalized spacial score (nSPS) is 14.1. The minimum Gasteiger partial charge on any atom is -0.462 e. The van der Waals surface area contributed by atoms with Crippen LogP contribution in [0.3, 0.4) is 0 Å². The summed E-state index contributed by atoms with van der Waals surface area (Å²) in [5.41, 5.74) is 0. The first-order valence-corrected chi connectivity index (χ1v) is 40.1. The van der Waals surface area contributed by atoms with Crippen LogP contribution in [-0.2, 0) is 65.4 Å². The summed E-state index contributed by atoms with van der Waals surface area (Å²) in [4.78, 5) is 72.4. The average Bonchev–Trinajstić information content (AvgIpc) is 3.04. The number of unbranched alkanes of at least 4 members (excludes halogenated alkanes) is 43. The first-order chi connectivity index (χ1) is 43.5. The Balaban J connectivity index is 5.16. The van der Waals surface area contributed by atoms with Crippen molar-refractivity contribution in [1.82, 2.24) is 0 Å². The highest BCUT2D eigenvalue weighted by Gasteiger charge is 2.30. The minimum atomic E-state index is -4.95. The number of ether oxygens (including phenoxy) is 4. The quantitative estimate of drug-likeness (QED) is 0.0222. The van der Waals surface area contributed by atoms with Gasteiger partial charge in [0.05, 0.1) is 26.4 Å². The van der Waals surface area contributed by atoms with Crippen molar-refractivity contribution >= 4 is 39.5 Å². The molecule has 0 saturated heterocycles. The van der Waals surface area contributed by atoms with Crippen molar-refractivity contribution in [3.05, 3.63) is 0 Å². The molecule has 0 aliphatic rings. The first kappa shape index (κ1) is 88.1. The van der Waals surface area contributed by atoms with Gasteiger partial charge < -0.3 is 33.8 Å². The summed E-state index contributed by atoms with van der Waals surface area (Å²) in [5, 5.41) is 10.6. The molecule has 3 N–H and O–H groups in total. The van der Waals surface area contributed by atoms with Gasteiger partial charge in [0.1, 0.15) is 19.3 Å². The van der Waals surface area contributed by atoms with E-state index in [2.05, 4.69) is 34.6 Å². The van der Waals surface area contributed by atoms with Crippen molar-refractivity contribution in [2.24, 2.45) is 5.92 Å². The Bertz CT molecular complexity index is 1740. The maximum absolute atomic E-state index is 13.0. The Morgan fingerprint density at radius 3 is 0.756 bits per heavy atom. The van der Waals surface area contributed by atoms with Crippen molar-refractivity contribution < 1.29 is 80.2 Å². The molecule has 90 heavy (non-hydrogen) atoms. The molecule has 0 spiro atoms. The maximum atomic E-state index is 13.0. The van der Waals surface area contributed by atoms with Crippen molar-refractivity contribution in [2.45, 2.75) is 387 Å². The van der Waals surface area contributed by atoms with E-state index in [1.54, 1.807) is 0 Å². The second kappa shape index (κ2) is 64.4. The van der Waals surface area contributed by atoms with Crippen LogP contribution in [0.2, 0.25) is 0 Å². The summed E-state index contributed by atoms with van der Waals surface area (Å²) in [6.45, 7) is 7.16. The molecule has 0 aromatic rings. The third-order valence-corrected chi connectivity index (χ3v) is 18.4. The first-order valence-electron chi connectivity index (χ1n) is 37.1. The molecule has 0 aromatic heterocycles. The molecule has 0 aromatic carbocycles. The molecule has 2 unspecified atom stereocenters. The predicted octanol–water partition coefficient (Wildman–Crippen LogP) is 20.5. The van der Waals surface area contributed by atoms with Gasteiger partial charge in [-0.1, -0.05) is 317 Å². The fraction of sp³-hybridized carbons (Fsp3) is 0.944. The van der Waals surface area contributed by atoms with E-state index >= 15 is 0 Å². The Kier molecular flexibility index (Phi) is 63.0. The van der Waals surface area contributed by atoms with Gasteiger partial charge in [0, 0.05) is 25.7 Å². The summed E-state index contributed by atoms with van der Waals surface area (Å²) >= 11 is 0. The van der Waals surface area contributed by atoms with Crippen LogP contribution in [0.1, 0.15) is 369 Å². The van der Waals surface area contributed by atoms with Gasteiger partial charge in [0.2, 0.25) is 0 Å². The molecular weight excluding hydrogens is 1190 g/mol. The number of phosphoric ester groups is 2. The molecule has 0 amide bonds. The van der Waals surface area contributed by atoms with Crippen molar-refractivity contribution in [3.63, 3.8) is 0 Å². The van der Waals surface area contributed by atoms with Gasteiger partial charge >= 0.3 is 39.5 Å². The zero-order valence-electron chi connectivity index (χ0n) is 58.3. The largest absolute Gasteiger partial charge is 0.472 e. The topological polar surface area (TPSA) is 237 Å². The Labute approximate surface area is 549 Å². The highest BCUT2D eigenvalue weighted by atomic mass is 31.2. The Morgan fingerprint density at radius 1 is 0.300 bits per heavy atom. The summed E-state index contributed by atoms with van der Waals surface area (Å²) in [6.07, 6.45) is 51.6. The van der Waals surface area contributed by atoms with Gasteiger partial charge in [0.15, 0.2) is 12.2 Å². The Hall–Kier alpha value is -1.94. The molecule has 0 fully saturated rings. The number of aliphatic hydroxyl groups is 1. The number of rotatable bonds is 71. The van der Waals surface area contributed by atoms with Crippen LogP contribution in [-0.4, -0.2) is 96.7 Å². The summed E-state index contributed by atoms with van der Waals surface area (Å²) in [5.74, 6) is -1.43. The van der Waals surface area contributed by atoms with Crippen LogP contribution in [0, 0.1) is 5.92 Å². The van der Waals surface area contributed by atoms with Gasteiger partial charge in [-0.05, 0) is 31.6 Å². The van der Waals surface area contributed by atoms with Crippen molar-refractivity contribution in [1.29, 1.82) is 0 Å². The van der Waals surface area contributed by atoms with Gasteiger partial charge in [0.25, 0.3) is 0 Å². The molecule has 0 aliphatic heterocycles. The molecule has 0 bridgehead atoms. The lowest BCUT2D eigenvalue weighted by Gasteiger charge is -2.21. The molecule has 17 nitrogen and oxygen atoms in total. The molecule has 534 valence electrons. The number of esters is 4. The predicted molar refractivity (Wildman–Crippen MR) is 363 cm³/mol. The van der Waals surface area contributed by atoms with E-state index in [4.69, 9.17) is 37.0 Å². The molecule has 0 rings (SSSR count). The smallest absolute Gasteiger partial charge is 0.462 e. The number of hydrogen-bond acceptors (Lipinski definition) is 15. The molecule has 0 saturated carbocycles. The number of hydrogen-bond donors (Lipinski definition) is 3. The molecular formula is C71H138O17P2. The zero-order chi connectivity index (χ0) is 66.3. The summed E-state index contributed by atoms with van der Waals surface area (Å²) < 4.78 is 68.2. The van der Waals surface area contributed by atoms with E-state index in [9.17, 15) is 43.2 Å². The fourth-order valence-electron chi connectivity index (χ4n) is 10.8.